The third-order valence-corrected chi connectivity index (χ3v) is 5.41. The van der Waals surface area contributed by atoms with Gasteiger partial charge >= 0.3 is 0 Å². The molecule has 0 aliphatic heterocycles. The summed E-state index contributed by atoms with van der Waals surface area (Å²) in [7, 11) is 3.00. The molecule has 0 heterocycles. The van der Waals surface area contributed by atoms with Crippen molar-refractivity contribution in [3.8, 4) is 0 Å². The first-order chi connectivity index (χ1) is 5.41. The van der Waals surface area contributed by atoms with Gasteiger partial charge in [0.2, 0.25) is 0 Å². The lowest BCUT2D eigenvalue weighted by Crippen LogP contribution is -2.56. The Kier molecular flexibility index (Phi) is 3.99. The second kappa shape index (κ2) is 3.87. The molecular formula is C10H28NSi2+. The minimum absolute atomic E-state index is 0.898. The van der Waals surface area contributed by atoms with Crippen LogP contribution in [-0.4, -0.2) is 47.1 Å². The van der Waals surface area contributed by atoms with Gasteiger partial charge < -0.3 is 4.48 Å². The van der Waals surface area contributed by atoms with Crippen molar-refractivity contribution >= 4 is 16.1 Å². The van der Waals surface area contributed by atoms with Crippen molar-refractivity contribution in [2.75, 3.05) is 26.4 Å². The number of hydrogen-bond acceptors (Lipinski definition) is 0. The monoisotopic (exact) mass is 218 g/mol. The maximum Gasteiger partial charge on any atom is 0.110 e. The van der Waals surface area contributed by atoms with Crippen LogP contribution in [0.3, 0.4) is 0 Å². The van der Waals surface area contributed by atoms with Crippen molar-refractivity contribution in [1.82, 2.24) is 0 Å². The van der Waals surface area contributed by atoms with Crippen LogP contribution >= 0.6 is 0 Å². The van der Waals surface area contributed by atoms with E-state index < -0.39 is 16.1 Å². The molecule has 0 amide bonds. The van der Waals surface area contributed by atoms with Crippen molar-refractivity contribution in [2.24, 2.45) is 0 Å². The Labute approximate surface area is 86.8 Å². The fourth-order valence-corrected chi connectivity index (χ4v) is 8.21. The zero-order valence-corrected chi connectivity index (χ0v) is 12.9. The molecule has 80 valence electrons. The molecule has 0 atom stereocenters. The van der Waals surface area contributed by atoms with Gasteiger partial charge in [-0.25, -0.2) is 0 Å². The maximum atomic E-state index is 2.47. The van der Waals surface area contributed by atoms with Crippen molar-refractivity contribution < 1.29 is 4.48 Å². The molecule has 0 bridgehead atoms. The van der Waals surface area contributed by atoms with E-state index in [1.165, 1.54) is 16.8 Å². The molecule has 0 aromatic carbocycles. The Hall–Kier alpha value is 0.394. The van der Waals surface area contributed by atoms with E-state index in [0.29, 0.717) is 0 Å². The van der Waals surface area contributed by atoms with E-state index in [0.717, 1.165) is 0 Å². The Morgan fingerprint density at radius 1 is 0.692 bits per heavy atom. The quantitative estimate of drug-likeness (QED) is 0.503. The summed E-state index contributed by atoms with van der Waals surface area (Å²) in [5.41, 5.74) is 0. The predicted molar refractivity (Wildman–Crippen MR) is 68.5 cm³/mol. The molecule has 0 spiro atoms. The first-order valence-corrected chi connectivity index (χ1v) is 12.6. The SMILES string of the molecule is C[N+](C)(C[Si](C)(C)C)C[Si](C)(C)C. The summed E-state index contributed by atoms with van der Waals surface area (Å²) in [6.07, 6.45) is 2.83. The van der Waals surface area contributed by atoms with Crippen molar-refractivity contribution in [2.45, 2.75) is 39.3 Å². The first-order valence-electron chi connectivity index (χ1n) is 5.23. The minimum atomic E-state index is -0.898. The van der Waals surface area contributed by atoms with Crippen molar-refractivity contribution in [3.63, 3.8) is 0 Å². The molecule has 13 heavy (non-hydrogen) atoms. The Balaban J connectivity index is 4.25. The molecule has 0 fully saturated rings. The molecule has 0 N–H and O–H groups in total. The first kappa shape index (κ1) is 13.4. The number of rotatable bonds is 4. The van der Waals surface area contributed by atoms with Gasteiger partial charge in [-0.05, 0) is 0 Å². The fourth-order valence-electron chi connectivity index (χ4n) is 2.62. The lowest BCUT2D eigenvalue weighted by atomic mass is 10.8. The molecule has 0 aliphatic carbocycles. The number of quaternary nitrogens is 1. The standard InChI is InChI=1S/C10H28NSi2/c1-11(2,9-12(3,4)5)10-13(6,7)8/h9-10H2,1-8H3/q+1. The summed E-state index contributed by atoms with van der Waals surface area (Å²) in [6.45, 7) is 14.8. The molecule has 1 nitrogen and oxygen atoms in total. The van der Waals surface area contributed by atoms with Gasteiger partial charge in [-0.2, -0.15) is 0 Å². The highest BCUT2D eigenvalue weighted by atomic mass is 28.3. The van der Waals surface area contributed by atoms with Gasteiger partial charge in [0.25, 0.3) is 0 Å². The van der Waals surface area contributed by atoms with Crippen LogP contribution in [0.4, 0.5) is 0 Å². The lowest BCUT2D eigenvalue weighted by molar-refractivity contribution is -0.870. The smallest absolute Gasteiger partial charge is 0.110 e. The minimum Gasteiger partial charge on any atom is -0.335 e. The van der Waals surface area contributed by atoms with E-state index in [2.05, 4.69) is 53.4 Å². The topological polar surface area (TPSA) is 0 Å². The van der Waals surface area contributed by atoms with Crippen LogP contribution in [0.25, 0.3) is 0 Å². The Morgan fingerprint density at radius 3 is 1.08 bits per heavy atom. The van der Waals surface area contributed by atoms with Crippen molar-refractivity contribution in [1.29, 1.82) is 0 Å². The number of nitrogens with zero attached hydrogens (tertiary/aromatic N) is 1. The summed E-state index contributed by atoms with van der Waals surface area (Å²) < 4.78 is 1.24. The van der Waals surface area contributed by atoms with E-state index in [4.69, 9.17) is 0 Å². The van der Waals surface area contributed by atoms with Gasteiger partial charge in [-0.3, -0.25) is 0 Å². The van der Waals surface area contributed by atoms with E-state index in [1.54, 1.807) is 0 Å². The molecule has 0 radical (unpaired) electrons. The van der Waals surface area contributed by atoms with Crippen LogP contribution in [0.15, 0.2) is 0 Å². The summed E-state index contributed by atoms with van der Waals surface area (Å²) >= 11 is 0. The molecule has 0 aromatic rings. The lowest BCUT2D eigenvalue weighted by Gasteiger charge is -2.38. The fraction of sp³-hybridized carbons (Fsp3) is 1.00. The predicted octanol–water partition coefficient (Wildman–Crippen LogP) is 2.82. The molecule has 3 heteroatoms. The maximum absolute atomic E-state index is 2.47. The third-order valence-electron chi connectivity index (χ3n) is 1.80. The van der Waals surface area contributed by atoms with Crippen LogP contribution in [0.2, 0.25) is 39.3 Å². The van der Waals surface area contributed by atoms with Crippen LogP contribution in [0.1, 0.15) is 0 Å². The highest BCUT2D eigenvalue weighted by Crippen LogP contribution is 2.13. The van der Waals surface area contributed by atoms with Gasteiger partial charge in [0.1, 0.15) is 16.1 Å². The third kappa shape index (κ3) is 8.72. The van der Waals surface area contributed by atoms with Crippen LogP contribution in [0, 0.1) is 0 Å². The largest absolute Gasteiger partial charge is 0.335 e. The normalized spacial score (nSPS) is 14.8. The van der Waals surface area contributed by atoms with Gasteiger partial charge in [0.05, 0.1) is 26.4 Å². The van der Waals surface area contributed by atoms with E-state index in [-0.39, 0.29) is 0 Å². The summed E-state index contributed by atoms with van der Waals surface area (Å²) in [5.74, 6) is 0. The van der Waals surface area contributed by atoms with Crippen LogP contribution < -0.4 is 0 Å². The van der Waals surface area contributed by atoms with Gasteiger partial charge in [-0.1, -0.05) is 39.3 Å². The molecular weight excluding hydrogens is 190 g/mol. The highest BCUT2D eigenvalue weighted by Gasteiger charge is 2.31. The number of hydrogen-bond donors (Lipinski definition) is 0. The average molecular weight is 219 g/mol. The molecule has 0 unspecified atom stereocenters. The van der Waals surface area contributed by atoms with E-state index in [1.807, 2.05) is 0 Å². The summed E-state index contributed by atoms with van der Waals surface area (Å²) in [4.78, 5) is 0. The second-order valence-electron chi connectivity index (χ2n) is 7.37. The zero-order valence-electron chi connectivity index (χ0n) is 10.9. The van der Waals surface area contributed by atoms with E-state index >= 15 is 0 Å². The van der Waals surface area contributed by atoms with Gasteiger partial charge in [0.15, 0.2) is 0 Å². The van der Waals surface area contributed by atoms with Crippen LogP contribution in [0.5, 0.6) is 0 Å². The average Bonchev–Trinajstić information content (AvgIpc) is 1.43. The summed E-state index contributed by atoms with van der Waals surface area (Å²) in [5, 5.41) is 0. The molecule has 0 aliphatic rings. The Bertz CT molecular complexity index is 145. The molecule has 0 saturated carbocycles. The van der Waals surface area contributed by atoms with Gasteiger partial charge in [0, 0.05) is 0 Å². The second-order valence-corrected chi connectivity index (χ2v) is 18.2. The Morgan fingerprint density at radius 2 is 0.923 bits per heavy atom. The summed E-state index contributed by atoms with van der Waals surface area (Å²) in [6, 6.07) is 0. The van der Waals surface area contributed by atoms with Crippen LogP contribution in [-0.2, 0) is 0 Å². The van der Waals surface area contributed by atoms with E-state index in [9.17, 15) is 0 Å². The highest BCUT2D eigenvalue weighted by molar-refractivity contribution is 6.77. The molecule has 0 aromatic heterocycles. The molecule has 0 saturated heterocycles. The molecule has 0 rings (SSSR count). The van der Waals surface area contributed by atoms with Crippen molar-refractivity contribution in [3.05, 3.63) is 0 Å². The zero-order chi connectivity index (χ0) is 10.9. The van der Waals surface area contributed by atoms with Gasteiger partial charge in [-0.15, -0.1) is 0 Å².